The summed E-state index contributed by atoms with van der Waals surface area (Å²) in [5.41, 5.74) is 5.24. The Morgan fingerprint density at radius 1 is 1.14 bits per heavy atom. The van der Waals surface area contributed by atoms with Crippen LogP contribution in [0.4, 0.5) is 0 Å². The van der Waals surface area contributed by atoms with Crippen LogP contribution >= 0.6 is 0 Å². The average Bonchev–Trinajstić information content (AvgIpc) is 2.70. The van der Waals surface area contributed by atoms with Crippen LogP contribution in [0.1, 0.15) is 34.8 Å². The second-order valence-electron chi connectivity index (χ2n) is 3.91. The van der Waals surface area contributed by atoms with Crippen molar-refractivity contribution in [3.05, 3.63) is 40.5 Å². The molecule has 14 heavy (non-hydrogen) atoms. The van der Waals surface area contributed by atoms with E-state index in [2.05, 4.69) is 12.1 Å². The van der Waals surface area contributed by atoms with Gasteiger partial charge in [-0.15, -0.1) is 0 Å². The van der Waals surface area contributed by atoms with E-state index in [0.29, 0.717) is 0 Å². The van der Waals surface area contributed by atoms with Gasteiger partial charge in [-0.05, 0) is 41.5 Å². The second-order valence-corrected chi connectivity index (χ2v) is 3.91. The number of fused-ring (bicyclic) bond motifs is 2. The molecule has 1 unspecified atom stereocenters. The van der Waals surface area contributed by atoms with Crippen LogP contribution in [0.15, 0.2) is 18.2 Å². The Morgan fingerprint density at radius 2 is 1.86 bits per heavy atom. The van der Waals surface area contributed by atoms with Gasteiger partial charge in [0.25, 0.3) is 0 Å². The maximum atomic E-state index is 9.63. The molecule has 0 bridgehead atoms. The van der Waals surface area contributed by atoms with Crippen molar-refractivity contribution in [1.82, 2.24) is 0 Å². The molecule has 0 saturated heterocycles. The number of benzene rings is 1. The molecule has 0 saturated carbocycles. The summed E-state index contributed by atoms with van der Waals surface area (Å²) in [4.78, 5) is 0. The van der Waals surface area contributed by atoms with Crippen molar-refractivity contribution in [3.63, 3.8) is 0 Å². The van der Waals surface area contributed by atoms with E-state index in [1.54, 1.807) is 0 Å². The van der Waals surface area contributed by atoms with Crippen LogP contribution in [0, 0.1) is 0 Å². The van der Waals surface area contributed by atoms with Gasteiger partial charge < -0.3 is 5.11 Å². The van der Waals surface area contributed by atoms with E-state index in [9.17, 15) is 5.11 Å². The van der Waals surface area contributed by atoms with Gasteiger partial charge in [0, 0.05) is 0 Å². The first kappa shape index (κ1) is 10.0. The van der Waals surface area contributed by atoms with Crippen LogP contribution in [0.3, 0.4) is 0 Å². The van der Waals surface area contributed by atoms with E-state index in [1.807, 2.05) is 12.2 Å². The fourth-order valence-electron chi connectivity index (χ4n) is 2.36. The summed E-state index contributed by atoms with van der Waals surface area (Å²) in [6, 6.07) is 4.42. The van der Waals surface area contributed by atoms with E-state index in [4.69, 9.17) is 0 Å². The molecule has 0 aliphatic heterocycles. The fourth-order valence-corrected chi connectivity index (χ4v) is 2.36. The van der Waals surface area contributed by atoms with Gasteiger partial charge in [0.15, 0.2) is 0 Å². The number of hydrogen-bond acceptors (Lipinski definition) is 1. The monoisotopic (exact) mass is 180 g/mol. The molecule has 68 valence electrons. The molecule has 2 aliphatic carbocycles. The molecule has 2 aliphatic rings. The van der Waals surface area contributed by atoms with Crippen LogP contribution in [0.2, 0.25) is 0 Å². The first-order chi connectivity index (χ1) is 6.34. The van der Waals surface area contributed by atoms with Gasteiger partial charge in [0.05, 0.1) is 6.10 Å². The average molecular weight is 180 g/mol. The molecule has 0 fully saturated rings. The summed E-state index contributed by atoms with van der Waals surface area (Å²) in [6.45, 7) is 0. The summed E-state index contributed by atoms with van der Waals surface area (Å²) < 4.78 is 0. The molecule has 1 N–H and O–H groups in total. The maximum absolute atomic E-state index is 9.63. The van der Waals surface area contributed by atoms with Crippen molar-refractivity contribution < 1.29 is 5.11 Å². The standard InChI is InChI=1S/C12H12O.Li.H/c13-12-5-4-10-6-8-2-1-3-9(8)7-11(10)12;;/h4-7,12-13H,1-3H2;;. The third-order valence-electron chi connectivity index (χ3n) is 3.07. The van der Waals surface area contributed by atoms with Gasteiger partial charge in [-0.1, -0.05) is 24.3 Å². The molecule has 0 heterocycles. The normalized spacial score (nSPS) is 21.6. The number of aliphatic hydroxyl groups excluding tert-OH is 1. The van der Waals surface area contributed by atoms with Crippen molar-refractivity contribution in [1.29, 1.82) is 0 Å². The fraction of sp³-hybridized carbons (Fsp3) is 0.333. The second kappa shape index (κ2) is 3.59. The van der Waals surface area contributed by atoms with Gasteiger partial charge >= 0.3 is 18.9 Å². The van der Waals surface area contributed by atoms with Crippen LogP contribution in [0.5, 0.6) is 0 Å². The Bertz CT molecular complexity index is 396. The summed E-state index contributed by atoms with van der Waals surface area (Å²) in [6.07, 6.45) is 7.21. The minimum atomic E-state index is -0.360. The van der Waals surface area contributed by atoms with E-state index >= 15 is 0 Å². The van der Waals surface area contributed by atoms with Gasteiger partial charge in [-0.2, -0.15) is 0 Å². The summed E-state index contributed by atoms with van der Waals surface area (Å²) in [5.74, 6) is 0. The molecule has 1 aromatic rings. The van der Waals surface area contributed by atoms with Gasteiger partial charge in [-0.25, -0.2) is 0 Å². The predicted octanol–water partition coefficient (Wildman–Crippen LogP) is 1.59. The number of aliphatic hydroxyl groups is 1. The number of rotatable bonds is 0. The summed E-state index contributed by atoms with van der Waals surface area (Å²) >= 11 is 0. The van der Waals surface area contributed by atoms with Crippen molar-refractivity contribution >= 4 is 24.9 Å². The third-order valence-corrected chi connectivity index (χ3v) is 3.07. The summed E-state index contributed by atoms with van der Waals surface area (Å²) in [5, 5.41) is 9.63. The molecule has 3 rings (SSSR count). The molecule has 1 aromatic carbocycles. The molecular weight excluding hydrogens is 167 g/mol. The predicted molar refractivity (Wildman–Crippen MR) is 59.6 cm³/mol. The van der Waals surface area contributed by atoms with E-state index in [-0.39, 0.29) is 25.0 Å². The molecule has 0 radical (unpaired) electrons. The number of hydrogen-bond donors (Lipinski definition) is 1. The van der Waals surface area contributed by atoms with Crippen molar-refractivity contribution in [2.75, 3.05) is 0 Å². The van der Waals surface area contributed by atoms with Crippen LogP contribution in [0.25, 0.3) is 6.08 Å². The van der Waals surface area contributed by atoms with Crippen molar-refractivity contribution in [3.8, 4) is 0 Å². The minimum absolute atomic E-state index is 0. The molecule has 0 spiro atoms. The van der Waals surface area contributed by atoms with Crippen LogP contribution in [-0.4, -0.2) is 24.0 Å². The molecule has 0 amide bonds. The van der Waals surface area contributed by atoms with Crippen molar-refractivity contribution in [2.24, 2.45) is 0 Å². The first-order valence-corrected chi connectivity index (χ1v) is 4.86. The van der Waals surface area contributed by atoms with Crippen LogP contribution in [-0.2, 0) is 12.8 Å². The zero-order chi connectivity index (χ0) is 8.84. The Balaban J connectivity index is 0.000000750. The van der Waals surface area contributed by atoms with Crippen molar-refractivity contribution in [2.45, 2.75) is 25.4 Å². The topological polar surface area (TPSA) is 20.2 Å². The molecule has 2 heteroatoms. The molecule has 0 aromatic heterocycles. The Hall–Kier alpha value is -0.483. The van der Waals surface area contributed by atoms with E-state index in [1.165, 1.54) is 36.0 Å². The quantitative estimate of drug-likeness (QED) is 0.601. The van der Waals surface area contributed by atoms with Crippen LogP contribution < -0.4 is 0 Å². The van der Waals surface area contributed by atoms with Gasteiger partial charge in [0.2, 0.25) is 0 Å². The first-order valence-electron chi connectivity index (χ1n) is 4.86. The molecular formula is C12H13LiO. The molecule has 1 nitrogen and oxygen atoms in total. The zero-order valence-corrected chi connectivity index (χ0v) is 7.46. The Labute approximate surface area is 96.0 Å². The summed E-state index contributed by atoms with van der Waals surface area (Å²) in [7, 11) is 0. The van der Waals surface area contributed by atoms with Gasteiger partial charge in [0.1, 0.15) is 0 Å². The third kappa shape index (κ3) is 1.37. The van der Waals surface area contributed by atoms with Gasteiger partial charge in [-0.3, -0.25) is 0 Å². The van der Waals surface area contributed by atoms with E-state index < -0.39 is 0 Å². The number of aryl methyl sites for hydroxylation is 2. The van der Waals surface area contributed by atoms with E-state index in [0.717, 1.165) is 5.56 Å². The molecule has 1 atom stereocenters. The Morgan fingerprint density at radius 3 is 2.64 bits per heavy atom. The Kier molecular flexibility index (Phi) is 2.57. The zero-order valence-electron chi connectivity index (χ0n) is 7.46. The SMILES string of the molecule is OC1C=Cc2cc3c(cc21)CCC3.[LiH].